The number of rotatable bonds is 3. The molecule has 0 aliphatic heterocycles. The Kier molecular flexibility index (Phi) is 3.80. The van der Waals surface area contributed by atoms with Crippen LogP contribution in [0.5, 0.6) is 0 Å². The van der Waals surface area contributed by atoms with E-state index in [4.69, 9.17) is 0 Å². The minimum absolute atomic E-state index is 0.485. The molecule has 0 unspecified atom stereocenters. The highest BCUT2D eigenvalue weighted by Crippen LogP contribution is 2.32. The fourth-order valence-electron chi connectivity index (χ4n) is 1.66. The quantitative estimate of drug-likeness (QED) is 0.905. The molecule has 1 heterocycles. The summed E-state index contributed by atoms with van der Waals surface area (Å²) in [5, 5.41) is 3.04. The molecule has 1 aromatic heterocycles. The molecule has 2 aromatic rings. The summed E-state index contributed by atoms with van der Waals surface area (Å²) in [5.41, 5.74) is 3.28. The summed E-state index contributed by atoms with van der Waals surface area (Å²) in [5.74, 6) is 0. The Balaban J connectivity index is 2.18. The number of halogens is 3. The van der Waals surface area contributed by atoms with Crippen molar-refractivity contribution in [3.8, 4) is 0 Å². The van der Waals surface area contributed by atoms with E-state index in [1.165, 1.54) is 17.4 Å². The molecule has 6 heteroatoms. The van der Waals surface area contributed by atoms with Gasteiger partial charge in [0.2, 0.25) is 0 Å². The van der Waals surface area contributed by atoms with Gasteiger partial charge in [-0.15, -0.1) is 11.3 Å². The lowest BCUT2D eigenvalue weighted by Gasteiger charge is -2.13. The number of benzene rings is 1. The molecule has 1 N–H and O–H groups in total. The van der Waals surface area contributed by atoms with Gasteiger partial charge in [0, 0.05) is 10.6 Å². The first-order valence-electron chi connectivity index (χ1n) is 5.68. The van der Waals surface area contributed by atoms with Gasteiger partial charge in [0.05, 0.1) is 23.3 Å². The Morgan fingerprint density at radius 1 is 1.26 bits per heavy atom. The van der Waals surface area contributed by atoms with Gasteiger partial charge in [-0.2, -0.15) is 13.2 Å². The van der Waals surface area contributed by atoms with Gasteiger partial charge in [-0.3, -0.25) is 0 Å². The average molecular weight is 286 g/mol. The molecule has 0 bridgehead atoms. The van der Waals surface area contributed by atoms with E-state index < -0.39 is 11.7 Å². The van der Waals surface area contributed by atoms with E-state index in [-0.39, 0.29) is 0 Å². The van der Waals surface area contributed by atoms with Crippen LogP contribution in [0, 0.1) is 13.8 Å². The minimum Gasteiger partial charge on any atom is -0.380 e. The number of thiazole rings is 1. The van der Waals surface area contributed by atoms with Crippen LogP contribution in [0.25, 0.3) is 0 Å². The number of anilines is 1. The fraction of sp³-hybridized carbons (Fsp3) is 0.308. The molecule has 0 radical (unpaired) electrons. The van der Waals surface area contributed by atoms with Crippen molar-refractivity contribution < 1.29 is 13.2 Å². The van der Waals surface area contributed by atoms with Crippen molar-refractivity contribution in [3.05, 3.63) is 45.4 Å². The van der Waals surface area contributed by atoms with Crippen LogP contribution in [-0.2, 0) is 12.7 Å². The topological polar surface area (TPSA) is 24.9 Å². The Labute approximate surface area is 113 Å². The van der Waals surface area contributed by atoms with Crippen LogP contribution in [0.1, 0.15) is 21.7 Å². The second-order valence-electron chi connectivity index (χ2n) is 4.24. The summed E-state index contributed by atoms with van der Waals surface area (Å²) in [7, 11) is 0. The van der Waals surface area contributed by atoms with E-state index >= 15 is 0 Å². The number of nitrogens with one attached hydrogen (secondary N) is 1. The number of hydrogen-bond acceptors (Lipinski definition) is 3. The maximum absolute atomic E-state index is 12.6. The maximum atomic E-state index is 12.6. The van der Waals surface area contributed by atoms with Crippen molar-refractivity contribution in [3.63, 3.8) is 0 Å². The van der Waals surface area contributed by atoms with Crippen molar-refractivity contribution in [1.82, 2.24) is 4.98 Å². The van der Waals surface area contributed by atoms with Gasteiger partial charge < -0.3 is 5.32 Å². The summed E-state index contributed by atoms with van der Waals surface area (Å²) in [6.45, 7) is 4.15. The predicted molar refractivity (Wildman–Crippen MR) is 70.4 cm³/mol. The van der Waals surface area contributed by atoms with E-state index in [2.05, 4.69) is 10.3 Å². The van der Waals surface area contributed by atoms with Gasteiger partial charge in [0.25, 0.3) is 0 Å². The first-order valence-corrected chi connectivity index (χ1v) is 6.56. The zero-order valence-electron chi connectivity index (χ0n) is 10.5. The molecule has 0 spiro atoms. The molecule has 0 saturated heterocycles. The van der Waals surface area contributed by atoms with Gasteiger partial charge in [0.15, 0.2) is 0 Å². The van der Waals surface area contributed by atoms with Gasteiger partial charge in [-0.25, -0.2) is 4.98 Å². The number of aromatic nitrogens is 1. The summed E-state index contributed by atoms with van der Waals surface area (Å²) < 4.78 is 37.9. The summed E-state index contributed by atoms with van der Waals surface area (Å²) in [6.07, 6.45) is -4.31. The molecule has 2 rings (SSSR count). The lowest BCUT2D eigenvalue weighted by Crippen LogP contribution is -2.07. The highest BCUT2D eigenvalue weighted by atomic mass is 32.1. The van der Waals surface area contributed by atoms with Gasteiger partial charge in [-0.1, -0.05) is 6.07 Å². The normalized spacial score (nSPS) is 11.6. The second kappa shape index (κ2) is 5.21. The van der Waals surface area contributed by atoms with E-state index in [0.29, 0.717) is 12.2 Å². The Morgan fingerprint density at radius 2 is 2.00 bits per heavy atom. The van der Waals surface area contributed by atoms with Crippen molar-refractivity contribution >= 4 is 17.0 Å². The average Bonchev–Trinajstić information content (AvgIpc) is 2.72. The largest absolute Gasteiger partial charge is 0.416 e. The molecule has 0 aliphatic carbocycles. The van der Waals surface area contributed by atoms with Gasteiger partial charge in [0.1, 0.15) is 0 Å². The van der Waals surface area contributed by atoms with Crippen LogP contribution in [-0.4, -0.2) is 4.98 Å². The zero-order chi connectivity index (χ0) is 14.0. The molecule has 0 fully saturated rings. The number of alkyl halides is 3. The second-order valence-corrected chi connectivity index (χ2v) is 5.18. The molecule has 19 heavy (non-hydrogen) atoms. The highest BCUT2D eigenvalue weighted by molar-refractivity contribution is 7.09. The monoisotopic (exact) mass is 286 g/mol. The third-order valence-electron chi connectivity index (χ3n) is 2.85. The third-order valence-corrected chi connectivity index (χ3v) is 3.78. The fourth-order valence-corrected chi connectivity index (χ4v) is 2.38. The third kappa shape index (κ3) is 3.26. The first-order chi connectivity index (χ1) is 8.88. The van der Waals surface area contributed by atoms with Gasteiger partial charge >= 0.3 is 6.18 Å². The van der Waals surface area contributed by atoms with Crippen LogP contribution < -0.4 is 5.32 Å². The molecule has 0 aliphatic rings. The van der Waals surface area contributed by atoms with Crippen molar-refractivity contribution in [2.75, 3.05) is 5.32 Å². The van der Waals surface area contributed by atoms with Crippen molar-refractivity contribution in [2.45, 2.75) is 26.6 Å². The summed E-state index contributed by atoms with van der Waals surface area (Å²) in [4.78, 5) is 5.13. The Hall–Kier alpha value is -1.56. The van der Waals surface area contributed by atoms with Crippen LogP contribution in [0.2, 0.25) is 0 Å². The molecule has 0 amide bonds. The Bertz CT molecular complexity index is 576. The summed E-state index contributed by atoms with van der Waals surface area (Å²) >= 11 is 1.49. The van der Waals surface area contributed by atoms with E-state index in [1.54, 1.807) is 12.4 Å². The zero-order valence-corrected chi connectivity index (χ0v) is 11.3. The minimum atomic E-state index is -4.31. The molecule has 0 saturated carbocycles. The van der Waals surface area contributed by atoms with E-state index in [0.717, 1.165) is 28.3 Å². The van der Waals surface area contributed by atoms with Crippen LogP contribution >= 0.6 is 11.3 Å². The van der Waals surface area contributed by atoms with Crippen LogP contribution in [0.4, 0.5) is 18.9 Å². The van der Waals surface area contributed by atoms with Crippen LogP contribution in [0.3, 0.4) is 0 Å². The number of nitrogens with zero attached hydrogens (tertiary/aromatic N) is 1. The summed E-state index contributed by atoms with van der Waals surface area (Å²) in [6, 6.07) is 3.72. The Morgan fingerprint density at radius 3 is 2.58 bits per heavy atom. The van der Waals surface area contributed by atoms with Crippen molar-refractivity contribution in [1.29, 1.82) is 0 Å². The number of aryl methyl sites for hydroxylation is 2. The lowest BCUT2D eigenvalue weighted by molar-refractivity contribution is -0.137. The molecule has 0 atom stereocenters. The number of hydrogen-bond donors (Lipinski definition) is 1. The molecule has 102 valence electrons. The SMILES string of the molecule is Cc1ccc(C(F)(F)F)cc1NCc1scnc1C. The molecule has 1 aromatic carbocycles. The standard InChI is InChI=1S/C13H13F3N2S/c1-8-3-4-10(13(14,15)16)5-11(8)17-6-12-9(2)18-7-19-12/h3-5,7,17H,6H2,1-2H3. The van der Waals surface area contributed by atoms with Crippen molar-refractivity contribution in [2.24, 2.45) is 0 Å². The molecular weight excluding hydrogens is 273 g/mol. The van der Waals surface area contributed by atoms with Gasteiger partial charge in [-0.05, 0) is 31.5 Å². The molecular formula is C13H13F3N2S. The van der Waals surface area contributed by atoms with E-state index in [1.807, 2.05) is 6.92 Å². The smallest absolute Gasteiger partial charge is 0.380 e. The first kappa shape index (κ1) is 13.9. The lowest BCUT2D eigenvalue weighted by atomic mass is 10.1. The maximum Gasteiger partial charge on any atom is 0.416 e. The molecule has 2 nitrogen and oxygen atoms in total. The van der Waals surface area contributed by atoms with Crippen LogP contribution in [0.15, 0.2) is 23.7 Å². The highest BCUT2D eigenvalue weighted by Gasteiger charge is 2.30. The predicted octanol–water partition coefficient (Wildman–Crippen LogP) is 4.39. The van der Waals surface area contributed by atoms with E-state index in [9.17, 15) is 13.2 Å².